The molecule has 0 amide bonds. The summed E-state index contributed by atoms with van der Waals surface area (Å²) in [7, 11) is 0. The van der Waals surface area contributed by atoms with Gasteiger partial charge in [0.2, 0.25) is 5.95 Å². The Morgan fingerprint density at radius 1 is 1.03 bits per heavy atom. The summed E-state index contributed by atoms with van der Waals surface area (Å²) in [4.78, 5) is 10.6. The normalized spacial score (nSPS) is 20.8. The quantitative estimate of drug-likeness (QED) is 0.456. The van der Waals surface area contributed by atoms with E-state index in [-0.39, 0.29) is 40.7 Å². The fourth-order valence-electron chi connectivity index (χ4n) is 5.99. The first-order valence-corrected chi connectivity index (χ1v) is 12.9. The van der Waals surface area contributed by atoms with Crippen molar-refractivity contribution in [2.75, 3.05) is 29.9 Å². The third kappa shape index (κ3) is 4.39. The van der Waals surface area contributed by atoms with E-state index < -0.39 is 11.6 Å². The zero-order valence-corrected chi connectivity index (χ0v) is 21.0. The molecule has 2 saturated heterocycles. The molecule has 9 heteroatoms. The second-order valence-electron chi connectivity index (χ2n) is 10.8. The Balaban J connectivity index is 1.31. The van der Waals surface area contributed by atoms with Crippen LogP contribution in [0.2, 0.25) is 0 Å². The van der Waals surface area contributed by atoms with Gasteiger partial charge in [-0.15, -0.1) is 0 Å². The van der Waals surface area contributed by atoms with E-state index in [0.717, 1.165) is 45.0 Å². The Morgan fingerprint density at radius 3 is 2.62 bits per heavy atom. The molecule has 0 radical (unpaired) electrons. The zero-order chi connectivity index (χ0) is 25.7. The predicted octanol–water partition coefficient (Wildman–Crippen LogP) is 5.91. The Labute approximate surface area is 214 Å². The Hall–Kier alpha value is -3.33. The monoisotopic (exact) mass is 509 g/mol. The Morgan fingerprint density at radius 2 is 1.84 bits per heavy atom. The summed E-state index contributed by atoms with van der Waals surface area (Å²) in [6.45, 7) is 6.42. The SMILES string of the molecule is CC1(C)CCC2COc3c(F)cc(-c4nc(Nc5ccc(C6CCNCC6)c(F)c5)ncc4F)cc3N21. The van der Waals surface area contributed by atoms with Gasteiger partial charge in [-0.3, -0.25) is 0 Å². The summed E-state index contributed by atoms with van der Waals surface area (Å²) in [5.41, 5.74) is 1.85. The van der Waals surface area contributed by atoms with Crippen molar-refractivity contribution in [3.8, 4) is 17.0 Å². The van der Waals surface area contributed by atoms with Gasteiger partial charge in [0.1, 0.15) is 18.1 Å². The lowest BCUT2D eigenvalue weighted by Gasteiger charge is -2.42. The zero-order valence-electron chi connectivity index (χ0n) is 21.0. The summed E-state index contributed by atoms with van der Waals surface area (Å²) >= 11 is 0. The maximum atomic E-state index is 15.2. The first-order valence-electron chi connectivity index (χ1n) is 12.9. The molecular weight excluding hydrogens is 479 g/mol. The van der Waals surface area contributed by atoms with Crippen LogP contribution in [0.4, 0.5) is 30.5 Å². The van der Waals surface area contributed by atoms with Gasteiger partial charge in [0.15, 0.2) is 17.4 Å². The summed E-state index contributed by atoms with van der Waals surface area (Å²) < 4.78 is 50.7. The molecule has 3 aromatic rings. The number of ether oxygens (including phenoxy) is 1. The lowest BCUT2D eigenvalue weighted by molar-refractivity contribution is 0.252. The van der Waals surface area contributed by atoms with Gasteiger partial charge in [-0.25, -0.2) is 23.1 Å². The molecule has 6 nitrogen and oxygen atoms in total. The minimum absolute atomic E-state index is 0.0369. The van der Waals surface area contributed by atoms with E-state index in [4.69, 9.17) is 4.74 Å². The molecule has 194 valence electrons. The van der Waals surface area contributed by atoms with Crippen molar-refractivity contribution >= 4 is 17.3 Å². The number of aromatic nitrogens is 2. The Kier molecular flexibility index (Phi) is 5.98. The number of hydrogen-bond acceptors (Lipinski definition) is 6. The molecule has 1 aromatic heterocycles. The fraction of sp³-hybridized carbons (Fsp3) is 0.429. The van der Waals surface area contributed by atoms with Crippen molar-refractivity contribution in [2.24, 2.45) is 0 Å². The van der Waals surface area contributed by atoms with Crippen LogP contribution in [-0.2, 0) is 0 Å². The summed E-state index contributed by atoms with van der Waals surface area (Å²) in [6.07, 6.45) is 4.73. The van der Waals surface area contributed by atoms with Crippen molar-refractivity contribution in [1.82, 2.24) is 15.3 Å². The highest BCUT2D eigenvalue weighted by Crippen LogP contribution is 2.48. The maximum absolute atomic E-state index is 15.2. The van der Waals surface area contributed by atoms with Crippen LogP contribution in [0.3, 0.4) is 0 Å². The van der Waals surface area contributed by atoms with Crippen molar-refractivity contribution in [1.29, 1.82) is 0 Å². The number of halogens is 3. The second-order valence-corrected chi connectivity index (χ2v) is 10.8. The van der Waals surface area contributed by atoms with Gasteiger partial charge in [-0.1, -0.05) is 6.07 Å². The third-order valence-corrected chi connectivity index (χ3v) is 7.86. The van der Waals surface area contributed by atoms with Crippen LogP contribution in [0.5, 0.6) is 5.75 Å². The number of anilines is 3. The number of fused-ring (bicyclic) bond motifs is 3. The van der Waals surface area contributed by atoms with Gasteiger partial charge in [0.25, 0.3) is 0 Å². The predicted molar refractivity (Wildman–Crippen MR) is 137 cm³/mol. The van der Waals surface area contributed by atoms with E-state index in [1.54, 1.807) is 18.2 Å². The summed E-state index contributed by atoms with van der Waals surface area (Å²) in [5, 5.41) is 6.26. The first-order chi connectivity index (χ1) is 17.8. The largest absolute Gasteiger partial charge is 0.486 e. The van der Waals surface area contributed by atoms with Crippen LogP contribution >= 0.6 is 0 Å². The molecule has 2 fully saturated rings. The van der Waals surface area contributed by atoms with Crippen LogP contribution in [0.1, 0.15) is 51.0 Å². The lowest BCUT2D eigenvalue weighted by atomic mass is 9.90. The summed E-state index contributed by atoms with van der Waals surface area (Å²) in [6, 6.07) is 8.09. The fourth-order valence-corrected chi connectivity index (χ4v) is 5.99. The standard InChI is InChI=1S/C28H30F3N5O/c1-28(2)8-5-19-15-37-26-22(30)11-17(12-24(26)36(19)28)25-23(31)14-33-27(35-25)34-18-3-4-20(21(29)13-18)16-6-9-32-10-7-16/h3-4,11-14,16,19,32H,5-10,15H2,1-2H3,(H,33,34,35). The number of benzene rings is 2. The van der Waals surface area contributed by atoms with Crippen molar-refractivity contribution in [3.05, 3.63) is 59.5 Å². The number of piperidine rings is 1. The molecule has 2 N–H and O–H groups in total. The van der Waals surface area contributed by atoms with Crippen molar-refractivity contribution in [2.45, 2.75) is 57.0 Å². The molecule has 0 spiro atoms. The maximum Gasteiger partial charge on any atom is 0.227 e. The number of nitrogens with one attached hydrogen (secondary N) is 2. The third-order valence-electron chi connectivity index (χ3n) is 7.86. The van der Waals surface area contributed by atoms with Gasteiger partial charge < -0.3 is 20.3 Å². The van der Waals surface area contributed by atoms with E-state index in [2.05, 4.69) is 39.3 Å². The highest BCUT2D eigenvalue weighted by atomic mass is 19.1. The molecule has 2 aromatic carbocycles. The molecule has 37 heavy (non-hydrogen) atoms. The van der Waals surface area contributed by atoms with E-state index in [1.807, 2.05) is 0 Å². The molecule has 3 aliphatic heterocycles. The van der Waals surface area contributed by atoms with E-state index in [1.165, 1.54) is 12.1 Å². The van der Waals surface area contributed by atoms with Crippen LogP contribution in [0.25, 0.3) is 11.3 Å². The van der Waals surface area contributed by atoms with E-state index in [9.17, 15) is 8.78 Å². The topological polar surface area (TPSA) is 62.3 Å². The van der Waals surface area contributed by atoms with Gasteiger partial charge in [-0.05, 0) is 88.4 Å². The molecule has 3 aliphatic rings. The molecular formula is C28H30F3N5O. The molecule has 0 saturated carbocycles. The van der Waals surface area contributed by atoms with E-state index >= 15 is 4.39 Å². The molecule has 1 atom stereocenters. The van der Waals surface area contributed by atoms with Crippen LogP contribution < -0.4 is 20.3 Å². The average Bonchev–Trinajstić information content (AvgIpc) is 3.20. The molecule has 0 aliphatic carbocycles. The lowest BCUT2D eigenvalue weighted by Crippen LogP contribution is -2.48. The minimum atomic E-state index is -0.675. The molecule has 4 heterocycles. The van der Waals surface area contributed by atoms with Crippen LogP contribution in [0, 0.1) is 17.5 Å². The van der Waals surface area contributed by atoms with E-state index in [0.29, 0.717) is 29.1 Å². The molecule has 6 rings (SSSR count). The summed E-state index contributed by atoms with van der Waals surface area (Å²) in [5.74, 6) is -1.06. The second kappa shape index (κ2) is 9.20. The number of rotatable bonds is 4. The highest BCUT2D eigenvalue weighted by Gasteiger charge is 2.44. The van der Waals surface area contributed by atoms with Gasteiger partial charge in [-0.2, -0.15) is 0 Å². The highest BCUT2D eigenvalue weighted by molar-refractivity contribution is 5.74. The average molecular weight is 510 g/mol. The smallest absolute Gasteiger partial charge is 0.227 e. The van der Waals surface area contributed by atoms with Gasteiger partial charge in [0.05, 0.1) is 17.9 Å². The van der Waals surface area contributed by atoms with Crippen molar-refractivity contribution in [3.63, 3.8) is 0 Å². The number of hydrogen-bond donors (Lipinski definition) is 2. The first kappa shape index (κ1) is 24.0. The molecule has 1 unspecified atom stereocenters. The Bertz CT molecular complexity index is 1340. The van der Waals surface area contributed by atoms with Crippen LogP contribution in [-0.4, -0.2) is 41.2 Å². The number of nitrogens with zero attached hydrogens (tertiary/aromatic N) is 3. The van der Waals surface area contributed by atoms with Gasteiger partial charge in [0, 0.05) is 16.8 Å². The van der Waals surface area contributed by atoms with Crippen molar-refractivity contribution < 1.29 is 17.9 Å². The van der Waals surface area contributed by atoms with Gasteiger partial charge >= 0.3 is 0 Å². The van der Waals surface area contributed by atoms with Crippen LogP contribution in [0.15, 0.2) is 36.5 Å². The molecule has 0 bridgehead atoms. The minimum Gasteiger partial charge on any atom is -0.486 e.